The minimum absolute atomic E-state index is 0.0241. The van der Waals surface area contributed by atoms with Crippen LogP contribution in [-0.2, 0) is 13.6 Å². The average molecular weight is 376 g/mol. The van der Waals surface area contributed by atoms with Gasteiger partial charge in [0, 0.05) is 49.7 Å². The van der Waals surface area contributed by atoms with Gasteiger partial charge in [-0.05, 0) is 36.2 Å². The minimum atomic E-state index is -0.168. The van der Waals surface area contributed by atoms with E-state index < -0.39 is 0 Å². The molecule has 1 aromatic carbocycles. The molecule has 0 fully saturated rings. The second-order valence-electron chi connectivity index (χ2n) is 6.70. The summed E-state index contributed by atoms with van der Waals surface area (Å²) in [4.78, 5) is 30.8. The van der Waals surface area contributed by atoms with E-state index in [9.17, 15) is 9.59 Å². The Balaban J connectivity index is 1.87. The SMILES string of the molecule is CCCCN(Cc1cccnc1)C(=O)c1cccc(-c2ccc(=O)n(C)n2)c1. The number of benzene rings is 1. The number of carbonyl (C=O) groups excluding carboxylic acids is 1. The number of aromatic nitrogens is 3. The van der Waals surface area contributed by atoms with Crippen LogP contribution in [0.5, 0.6) is 0 Å². The summed E-state index contributed by atoms with van der Waals surface area (Å²) in [5.41, 5.74) is 2.90. The second-order valence-corrected chi connectivity index (χ2v) is 6.70. The monoisotopic (exact) mass is 376 g/mol. The lowest BCUT2D eigenvalue weighted by Crippen LogP contribution is -2.31. The van der Waals surface area contributed by atoms with Gasteiger partial charge in [0.2, 0.25) is 0 Å². The third kappa shape index (κ3) is 4.71. The van der Waals surface area contributed by atoms with Crippen LogP contribution in [0.1, 0.15) is 35.7 Å². The van der Waals surface area contributed by atoms with Crippen molar-refractivity contribution in [1.29, 1.82) is 0 Å². The van der Waals surface area contributed by atoms with Crippen molar-refractivity contribution in [2.75, 3.05) is 6.54 Å². The molecule has 0 saturated heterocycles. The molecule has 0 radical (unpaired) electrons. The van der Waals surface area contributed by atoms with Crippen LogP contribution in [0.3, 0.4) is 0 Å². The molecule has 6 heteroatoms. The number of rotatable bonds is 7. The van der Waals surface area contributed by atoms with E-state index in [0.29, 0.717) is 24.3 Å². The lowest BCUT2D eigenvalue weighted by molar-refractivity contribution is 0.0740. The normalized spacial score (nSPS) is 10.6. The van der Waals surface area contributed by atoms with Crippen LogP contribution in [0.4, 0.5) is 0 Å². The molecule has 0 aliphatic carbocycles. The summed E-state index contributed by atoms with van der Waals surface area (Å²) in [6.45, 7) is 3.32. The molecular weight excluding hydrogens is 352 g/mol. The van der Waals surface area contributed by atoms with Gasteiger partial charge in [-0.2, -0.15) is 5.10 Å². The predicted octanol–water partition coefficient (Wildman–Crippen LogP) is 3.28. The fourth-order valence-corrected chi connectivity index (χ4v) is 2.96. The van der Waals surface area contributed by atoms with Gasteiger partial charge in [-0.3, -0.25) is 14.6 Å². The van der Waals surface area contributed by atoms with E-state index >= 15 is 0 Å². The maximum Gasteiger partial charge on any atom is 0.266 e. The fourth-order valence-electron chi connectivity index (χ4n) is 2.96. The van der Waals surface area contributed by atoms with Gasteiger partial charge < -0.3 is 4.90 Å². The Morgan fingerprint density at radius 1 is 1.14 bits per heavy atom. The van der Waals surface area contributed by atoms with Crippen LogP contribution in [0, 0.1) is 0 Å². The van der Waals surface area contributed by atoms with Crippen LogP contribution in [0.15, 0.2) is 65.7 Å². The second kappa shape index (κ2) is 9.08. The molecule has 1 amide bonds. The fraction of sp³-hybridized carbons (Fsp3) is 0.273. The Kier molecular flexibility index (Phi) is 6.32. The van der Waals surface area contributed by atoms with E-state index in [4.69, 9.17) is 0 Å². The van der Waals surface area contributed by atoms with Gasteiger partial charge >= 0.3 is 0 Å². The zero-order valence-electron chi connectivity index (χ0n) is 16.2. The highest BCUT2D eigenvalue weighted by molar-refractivity contribution is 5.95. The van der Waals surface area contributed by atoms with E-state index in [1.165, 1.54) is 10.7 Å². The summed E-state index contributed by atoms with van der Waals surface area (Å²) >= 11 is 0. The van der Waals surface area contributed by atoms with Gasteiger partial charge in [0.1, 0.15) is 0 Å². The number of amides is 1. The van der Waals surface area contributed by atoms with Crippen molar-refractivity contribution in [1.82, 2.24) is 19.7 Å². The molecule has 0 atom stereocenters. The quantitative estimate of drug-likeness (QED) is 0.635. The molecule has 3 aromatic rings. The standard InChI is InChI=1S/C22H24N4O2/c1-3-4-13-26(16-17-7-6-12-23-15-17)22(28)19-9-5-8-18(14-19)20-10-11-21(27)25(2)24-20/h5-12,14-15H,3-4,13,16H2,1-2H3. The molecule has 0 unspecified atom stereocenters. The van der Waals surface area contributed by atoms with Gasteiger partial charge in [-0.25, -0.2) is 4.68 Å². The number of carbonyl (C=O) groups is 1. The largest absolute Gasteiger partial charge is 0.334 e. The van der Waals surface area contributed by atoms with Crippen LogP contribution in [-0.4, -0.2) is 32.1 Å². The molecule has 0 aliphatic heterocycles. The summed E-state index contributed by atoms with van der Waals surface area (Å²) in [5, 5.41) is 4.28. The van der Waals surface area contributed by atoms with E-state index in [1.807, 2.05) is 41.3 Å². The lowest BCUT2D eigenvalue weighted by atomic mass is 10.1. The number of unbranched alkanes of at least 4 members (excludes halogenated alkanes) is 1. The highest BCUT2D eigenvalue weighted by Crippen LogP contribution is 2.19. The first-order valence-corrected chi connectivity index (χ1v) is 9.41. The van der Waals surface area contributed by atoms with Crippen molar-refractivity contribution < 1.29 is 4.79 Å². The molecule has 2 heterocycles. The first-order chi connectivity index (χ1) is 13.6. The van der Waals surface area contributed by atoms with Crippen molar-refractivity contribution in [2.24, 2.45) is 7.05 Å². The smallest absolute Gasteiger partial charge is 0.266 e. The molecule has 6 nitrogen and oxygen atoms in total. The predicted molar refractivity (Wildman–Crippen MR) is 109 cm³/mol. The highest BCUT2D eigenvalue weighted by atomic mass is 16.2. The highest BCUT2D eigenvalue weighted by Gasteiger charge is 2.17. The van der Waals surface area contributed by atoms with Crippen molar-refractivity contribution in [2.45, 2.75) is 26.3 Å². The minimum Gasteiger partial charge on any atom is -0.334 e. The van der Waals surface area contributed by atoms with Gasteiger partial charge in [0.15, 0.2) is 0 Å². The number of aryl methyl sites for hydroxylation is 1. The topological polar surface area (TPSA) is 68.1 Å². The van der Waals surface area contributed by atoms with Gasteiger partial charge in [-0.15, -0.1) is 0 Å². The Morgan fingerprint density at radius 3 is 2.71 bits per heavy atom. The number of hydrogen-bond donors (Lipinski definition) is 0. The molecule has 3 rings (SSSR count). The Bertz CT molecular complexity index is 999. The molecule has 0 saturated carbocycles. The van der Waals surface area contributed by atoms with E-state index in [-0.39, 0.29) is 11.5 Å². The molecule has 0 aliphatic rings. The zero-order chi connectivity index (χ0) is 19.9. The Labute approximate surface area is 164 Å². The third-order valence-corrected chi connectivity index (χ3v) is 4.53. The zero-order valence-corrected chi connectivity index (χ0v) is 16.2. The molecule has 0 spiro atoms. The molecule has 0 bridgehead atoms. The summed E-state index contributed by atoms with van der Waals surface area (Å²) in [6, 6.07) is 14.4. The molecule has 144 valence electrons. The van der Waals surface area contributed by atoms with E-state index in [2.05, 4.69) is 17.0 Å². The van der Waals surface area contributed by atoms with Crippen molar-refractivity contribution in [3.05, 3.63) is 82.4 Å². The average Bonchev–Trinajstić information content (AvgIpc) is 2.73. The first-order valence-electron chi connectivity index (χ1n) is 9.41. The van der Waals surface area contributed by atoms with Gasteiger partial charge in [0.25, 0.3) is 11.5 Å². The van der Waals surface area contributed by atoms with Gasteiger partial charge in [-0.1, -0.05) is 31.5 Å². The molecule has 0 N–H and O–H groups in total. The molecular formula is C22H24N4O2. The summed E-state index contributed by atoms with van der Waals surface area (Å²) in [5.74, 6) is -0.0241. The summed E-state index contributed by atoms with van der Waals surface area (Å²) in [7, 11) is 1.61. The van der Waals surface area contributed by atoms with Crippen LogP contribution < -0.4 is 5.56 Å². The van der Waals surface area contributed by atoms with Crippen LogP contribution in [0.25, 0.3) is 11.3 Å². The van der Waals surface area contributed by atoms with Crippen molar-refractivity contribution >= 4 is 5.91 Å². The van der Waals surface area contributed by atoms with Gasteiger partial charge in [0.05, 0.1) is 5.69 Å². The number of hydrogen-bond acceptors (Lipinski definition) is 4. The third-order valence-electron chi connectivity index (χ3n) is 4.53. The van der Waals surface area contributed by atoms with Crippen LogP contribution in [0.2, 0.25) is 0 Å². The van der Waals surface area contributed by atoms with Crippen LogP contribution >= 0.6 is 0 Å². The molecule has 2 aromatic heterocycles. The maximum atomic E-state index is 13.2. The summed E-state index contributed by atoms with van der Waals surface area (Å²) < 4.78 is 1.29. The Morgan fingerprint density at radius 2 is 2.00 bits per heavy atom. The molecule has 28 heavy (non-hydrogen) atoms. The first kappa shape index (κ1) is 19.5. The van der Waals surface area contributed by atoms with E-state index in [1.54, 1.807) is 25.5 Å². The van der Waals surface area contributed by atoms with E-state index in [0.717, 1.165) is 24.0 Å². The van der Waals surface area contributed by atoms with Crippen molar-refractivity contribution in [3.63, 3.8) is 0 Å². The summed E-state index contributed by atoms with van der Waals surface area (Å²) in [6.07, 6.45) is 5.47. The Hall–Kier alpha value is -3.28. The lowest BCUT2D eigenvalue weighted by Gasteiger charge is -2.23. The number of nitrogens with zero attached hydrogens (tertiary/aromatic N) is 4. The maximum absolute atomic E-state index is 13.2. The number of pyridine rings is 1. The van der Waals surface area contributed by atoms with Crippen molar-refractivity contribution in [3.8, 4) is 11.3 Å².